The fourth-order valence-corrected chi connectivity index (χ4v) is 2.86. The molecule has 1 aliphatic heterocycles. The van der Waals surface area contributed by atoms with Gasteiger partial charge in [-0.25, -0.2) is 0 Å². The molecule has 1 amide bonds. The molecule has 1 N–H and O–H groups in total. The molecule has 0 aromatic carbocycles. The predicted octanol–water partition coefficient (Wildman–Crippen LogP) is 2.29. The molecule has 1 rings (SSSR count). The van der Waals surface area contributed by atoms with E-state index in [2.05, 4.69) is 18.8 Å². The van der Waals surface area contributed by atoms with Gasteiger partial charge in [0.15, 0.2) is 0 Å². The summed E-state index contributed by atoms with van der Waals surface area (Å²) in [6.07, 6.45) is 4.76. The number of hydrogen-bond acceptors (Lipinski definition) is 3. The van der Waals surface area contributed by atoms with Crippen LogP contribution >= 0.6 is 11.8 Å². The minimum Gasteiger partial charge on any atom is -0.342 e. The molecule has 0 bridgehead atoms. The van der Waals surface area contributed by atoms with Crippen molar-refractivity contribution < 1.29 is 4.79 Å². The van der Waals surface area contributed by atoms with Crippen molar-refractivity contribution in [2.24, 2.45) is 0 Å². The first-order valence-corrected chi connectivity index (χ1v) is 8.12. The number of nitrogens with one attached hydrogen (secondary N) is 1. The lowest BCUT2D eigenvalue weighted by molar-refractivity contribution is -0.129. The van der Waals surface area contributed by atoms with Gasteiger partial charge in [0.05, 0.1) is 5.75 Å². The lowest BCUT2D eigenvalue weighted by Crippen LogP contribution is -2.36. The van der Waals surface area contributed by atoms with Crippen LogP contribution in [0.2, 0.25) is 0 Å². The number of amides is 1. The second-order valence-electron chi connectivity index (χ2n) is 4.86. The van der Waals surface area contributed by atoms with Crippen LogP contribution in [0.4, 0.5) is 0 Å². The Bertz CT molecular complexity index is 263. The van der Waals surface area contributed by atoms with Gasteiger partial charge in [-0.05, 0) is 32.2 Å². The van der Waals surface area contributed by atoms with Crippen LogP contribution in [0.15, 0.2) is 12.2 Å². The summed E-state index contributed by atoms with van der Waals surface area (Å²) in [6.45, 7) is 10.0. The highest BCUT2D eigenvalue weighted by Crippen LogP contribution is 2.12. The molecule has 0 atom stereocenters. The van der Waals surface area contributed by atoms with E-state index in [-0.39, 0.29) is 0 Å². The molecule has 0 saturated carbocycles. The third-order valence-electron chi connectivity index (χ3n) is 3.04. The predicted molar refractivity (Wildman–Crippen MR) is 80.1 cm³/mol. The van der Waals surface area contributed by atoms with Gasteiger partial charge in [-0.1, -0.05) is 19.1 Å². The molecule has 0 aromatic rings. The van der Waals surface area contributed by atoms with E-state index in [1.54, 1.807) is 11.8 Å². The summed E-state index contributed by atoms with van der Waals surface area (Å²) < 4.78 is 0. The number of likely N-dealkylation sites (tertiary alicyclic amines) is 1. The number of piperidine rings is 1. The van der Waals surface area contributed by atoms with Crippen molar-refractivity contribution in [3.05, 3.63) is 12.2 Å². The molecule has 104 valence electrons. The van der Waals surface area contributed by atoms with Gasteiger partial charge in [0.25, 0.3) is 0 Å². The summed E-state index contributed by atoms with van der Waals surface area (Å²) >= 11 is 1.69. The monoisotopic (exact) mass is 270 g/mol. The van der Waals surface area contributed by atoms with Crippen LogP contribution in [-0.2, 0) is 4.79 Å². The van der Waals surface area contributed by atoms with Gasteiger partial charge in [0.1, 0.15) is 0 Å². The molecule has 3 nitrogen and oxygen atoms in total. The van der Waals surface area contributed by atoms with E-state index in [0.29, 0.717) is 11.7 Å². The van der Waals surface area contributed by atoms with Gasteiger partial charge in [-0.2, -0.15) is 0 Å². The Morgan fingerprint density at radius 3 is 2.67 bits per heavy atom. The molecule has 0 radical (unpaired) electrons. The van der Waals surface area contributed by atoms with Crippen LogP contribution in [0.1, 0.15) is 32.6 Å². The molecule has 1 saturated heterocycles. The maximum atomic E-state index is 11.9. The summed E-state index contributed by atoms with van der Waals surface area (Å²) in [4.78, 5) is 13.9. The van der Waals surface area contributed by atoms with Crippen molar-refractivity contribution in [2.45, 2.75) is 32.6 Å². The first-order valence-electron chi connectivity index (χ1n) is 6.97. The number of carbonyl (C=O) groups excluding carboxylic acids is 1. The van der Waals surface area contributed by atoms with Crippen LogP contribution in [-0.4, -0.2) is 48.5 Å². The highest BCUT2D eigenvalue weighted by atomic mass is 32.2. The van der Waals surface area contributed by atoms with Crippen LogP contribution in [0.3, 0.4) is 0 Å². The van der Waals surface area contributed by atoms with Gasteiger partial charge in [-0.15, -0.1) is 11.8 Å². The molecular weight excluding hydrogens is 244 g/mol. The number of carbonyl (C=O) groups is 1. The zero-order chi connectivity index (χ0) is 13.2. The Hall–Kier alpha value is -0.480. The second kappa shape index (κ2) is 9.45. The highest BCUT2D eigenvalue weighted by Gasteiger charge is 2.15. The van der Waals surface area contributed by atoms with E-state index in [4.69, 9.17) is 0 Å². The van der Waals surface area contributed by atoms with Crippen LogP contribution in [0.5, 0.6) is 0 Å². The van der Waals surface area contributed by atoms with Crippen molar-refractivity contribution in [3.63, 3.8) is 0 Å². The smallest absolute Gasteiger partial charge is 0.232 e. The van der Waals surface area contributed by atoms with Crippen LogP contribution < -0.4 is 5.32 Å². The minimum absolute atomic E-state index is 0.300. The molecule has 1 heterocycles. The first-order chi connectivity index (χ1) is 8.74. The lowest BCUT2D eigenvalue weighted by Gasteiger charge is -2.26. The third-order valence-corrected chi connectivity index (χ3v) is 4.11. The van der Waals surface area contributed by atoms with Crippen molar-refractivity contribution in [2.75, 3.05) is 37.7 Å². The second-order valence-corrected chi connectivity index (χ2v) is 5.85. The quantitative estimate of drug-likeness (QED) is 0.542. The fraction of sp³-hybridized carbons (Fsp3) is 0.786. The van der Waals surface area contributed by atoms with E-state index >= 15 is 0 Å². The summed E-state index contributed by atoms with van der Waals surface area (Å²) in [5.74, 6) is 1.79. The average molecular weight is 270 g/mol. The number of thioether (sulfide) groups is 1. The van der Waals surface area contributed by atoms with Crippen LogP contribution in [0.25, 0.3) is 0 Å². The van der Waals surface area contributed by atoms with E-state index in [1.165, 1.54) is 24.8 Å². The Kier molecular flexibility index (Phi) is 8.18. The first kappa shape index (κ1) is 15.6. The Labute approximate surface area is 115 Å². The Morgan fingerprint density at radius 1 is 1.28 bits per heavy atom. The zero-order valence-corrected chi connectivity index (χ0v) is 12.4. The largest absolute Gasteiger partial charge is 0.342 e. The Morgan fingerprint density at radius 2 is 2.00 bits per heavy atom. The molecule has 0 aliphatic carbocycles. The molecule has 4 heteroatoms. The summed E-state index contributed by atoms with van der Waals surface area (Å²) in [6, 6.07) is 0. The third kappa shape index (κ3) is 6.45. The zero-order valence-electron chi connectivity index (χ0n) is 11.5. The van der Waals surface area contributed by atoms with Gasteiger partial charge >= 0.3 is 0 Å². The summed E-state index contributed by atoms with van der Waals surface area (Å²) in [5, 5.41) is 3.33. The molecule has 0 spiro atoms. The van der Waals surface area contributed by atoms with Crippen molar-refractivity contribution in [3.8, 4) is 0 Å². The molecule has 1 fully saturated rings. The number of rotatable bonds is 8. The fourth-order valence-electron chi connectivity index (χ4n) is 2.01. The molecule has 18 heavy (non-hydrogen) atoms. The van der Waals surface area contributed by atoms with Crippen LogP contribution in [0, 0.1) is 0 Å². The number of hydrogen-bond donors (Lipinski definition) is 1. The molecule has 0 aromatic heterocycles. The topological polar surface area (TPSA) is 32.3 Å². The van der Waals surface area contributed by atoms with Gasteiger partial charge in [0, 0.05) is 25.4 Å². The standard InChI is InChI=1S/C14H26N2OS/c1-3-7-15-10-13(2)11-18-12-14(17)16-8-5-4-6-9-16/h15H,2-12H2,1H3. The van der Waals surface area contributed by atoms with E-state index in [0.717, 1.165) is 38.4 Å². The van der Waals surface area contributed by atoms with Crippen molar-refractivity contribution in [1.29, 1.82) is 0 Å². The maximum absolute atomic E-state index is 11.9. The molecule has 1 aliphatic rings. The molecular formula is C14H26N2OS. The van der Waals surface area contributed by atoms with Gasteiger partial charge < -0.3 is 10.2 Å². The summed E-state index contributed by atoms with van der Waals surface area (Å²) in [7, 11) is 0. The van der Waals surface area contributed by atoms with Crippen molar-refractivity contribution in [1.82, 2.24) is 10.2 Å². The highest BCUT2D eigenvalue weighted by molar-refractivity contribution is 8.00. The van der Waals surface area contributed by atoms with Gasteiger partial charge in [0.2, 0.25) is 5.91 Å². The van der Waals surface area contributed by atoms with E-state index in [9.17, 15) is 4.79 Å². The van der Waals surface area contributed by atoms with Gasteiger partial charge in [-0.3, -0.25) is 4.79 Å². The SMILES string of the molecule is C=C(CNCCC)CSCC(=O)N1CCCCC1. The normalized spacial score (nSPS) is 15.7. The van der Waals surface area contributed by atoms with E-state index in [1.807, 2.05) is 4.90 Å². The maximum Gasteiger partial charge on any atom is 0.232 e. The average Bonchev–Trinajstić information content (AvgIpc) is 2.40. The molecule has 0 unspecified atom stereocenters. The Balaban J connectivity index is 2.05. The summed E-state index contributed by atoms with van der Waals surface area (Å²) in [5.41, 5.74) is 1.18. The number of nitrogens with zero attached hydrogens (tertiary/aromatic N) is 1. The minimum atomic E-state index is 0.300. The lowest BCUT2D eigenvalue weighted by atomic mass is 10.1. The van der Waals surface area contributed by atoms with Crippen molar-refractivity contribution >= 4 is 17.7 Å². The van der Waals surface area contributed by atoms with E-state index < -0.39 is 0 Å².